The molecule has 1 unspecified atom stereocenters. The van der Waals surface area contributed by atoms with Crippen LogP contribution >= 0.6 is 22.6 Å². The molecule has 0 bridgehead atoms. The van der Waals surface area contributed by atoms with Gasteiger partial charge in [-0.2, -0.15) is 4.98 Å². The van der Waals surface area contributed by atoms with Crippen LogP contribution in [0.1, 0.15) is 6.23 Å². The number of nitrogens with zero attached hydrogens (tertiary/aromatic N) is 2. The van der Waals surface area contributed by atoms with Crippen molar-refractivity contribution in [1.29, 1.82) is 0 Å². The molecule has 0 radical (unpaired) electrons. The summed E-state index contributed by atoms with van der Waals surface area (Å²) in [6, 6.07) is 0. The molecule has 1 aromatic heterocycles. The topological polar surface area (TPSA) is 99.6 Å². The average Bonchev–Trinajstić information content (AvgIpc) is 2.71. The van der Waals surface area contributed by atoms with Crippen molar-refractivity contribution in [3.63, 3.8) is 0 Å². The van der Waals surface area contributed by atoms with E-state index in [1.165, 1.54) is 4.57 Å². The first-order chi connectivity index (χ1) is 7.61. The maximum atomic E-state index is 11.5. The molecular formula is C8H10IN3O4. The van der Waals surface area contributed by atoms with Crippen LogP contribution in [0.4, 0.5) is 5.82 Å². The van der Waals surface area contributed by atoms with Crippen molar-refractivity contribution in [2.24, 2.45) is 0 Å². The van der Waals surface area contributed by atoms with Gasteiger partial charge in [0.15, 0.2) is 12.5 Å². The maximum absolute atomic E-state index is 11.5. The lowest BCUT2D eigenvalue weighted by molar-refractivity contribution is -0.0992. The third-order valence-corrected chi connectivity index (χ3v) is 2.96. The minimum atomic E-state index is -0.688. The van der Waals surface area contributed by atoms with Crippen LogP contribution in [0, 0.1) is 3.57 Å². The van der Waals surface area contributed by atoms with E-state index >= 15 is 0 Å². The van der Waals surface area contributed by atoms with Crippen molar-refractivity contribution in [3.05, 3.63) is 20.3 Å². The summed E-state index contributed by atoms with van der Waals surface area (Å²) in [7, 11) is 0. The number of aliphatic hydroxyl groups is 1. The Labute approximate surface area is 104 Å². The van der Waals surface area contributed by atoms with Crippen LogP contribution < -0.4 is 11.4 Å². The molecule has 0 saturated carbocycles. The SMILES string of the molecule is Nc1nc(=O)n(C2CO[C@@H](CO)O2)cc1I. The highest BCUT2D eigenvalue weighted by atomic mass is 127. The number of aromatic nitrogens is 2. The molecule has 1 fully saturated rings. The van der Waals surface area contributed by atoms with E-state index < -0.39 is 18.2 Å². The molecule has 1 aliphatic rings. The van der Waals surface area contributed by atoms with Crippen molar-refractivity contribution in [3.8, 4) is 0 Å². The number of rotatable bonds is 2. The Morgan fingerprint density at radius 1 is 1.75 bits per heavy atom. The summed E-state index contributed by atoms with van der Waals surface area (Å²) in [6.07, 6.45) is 0.303. The molecule has 1 aromatic rings. The van der Waals surface area contributed by atoms with E-state index in [1.807, 2.05) is 22.6 Å². The van der Waals surface area contributed by atoms with Crippen LogP contribution in [0.15, 0.2) is 11.0 Å². The average molecular weight is 339 g/mol. The normalized spacial score (nSPS) is 24.9. The van der Waals surface area contributed by atoms with E-state index in [0.29, 0.717) is 3.57 Å². The number of ether oxygens (including phenoxy) is 2. The number of anilines is 1. The zero-order valence-corrected chi connectivity index (χ0v) is 10.3. The number of nitrogen functional groups attached to an aromatic ring is 1. The minimum absolute atomic E-state index is 0.194. The fourth-order valence-corrected chi connectivity index (χ4v) is 1.77. The third kappa shape index (κ3) is 2.19. The Hall–Kier alpha value is -0.710. The molecule has 0 aliphatic carbocycles. The Balaban J connectivity index is 2.28. The van der Waals surface area contributed by atoms with Crippen LogP contribution in [-0.2, 0) is 9.47 Å². The molecule has 8 heteroatoms. The van der Waals surface area contributed by atoms with Gasteiger partial charge in [-0.15, -0.1) is 0 Å². The van der Waals surface area contributed by atoms with Crippen molar-refractivity contribution in [1.82, 2.24) is 9.55 Å². The maximum Gasteiger partial charge on any atom is 0.351 e. The summed E-state index contributed by atoms with van der Waals surface area (Å²) in [5, 5.41) is 8.82. The number of hydrogen-bond acceptors (Lipinski definition) is 6. The molecule has 2 rings (SSSR count). The zero-order chi connectivity index (χ0) is 11.7. The Morgan fingerprint density at radius 2 is 2.50 bits per heavy atom. The van der Waals surface area contributed by atoms with E-state index in [4.69, 9.17) is 20.3 Å². The predicted molar refractivity (Wildman–Crippen MR) is 62.6 cm³/mol. The van der Waals surface area contributed by atoms with Crippen LogP contribution in [0.2, 0.25) is 0 Å². The fraction of sp³-hybridized carbons (Fsp3) is 0.500. The highest BCUT2D eigenvalue weighted by molar-refractivity contribution is 14.1. The molecule has 1 saturated heterocycles. The Kier molecular flexibility index (Phi) is 3.42. The molecule has 0 amide bonds. The molecule has 1 aliphatic heterocycles. The highest BCUT2D eigenvalue weighted by Crippen LogP contribution is 2.20. The number of nitrogens with two attached hydrogens (primary N) is 1. The fourth-order valence-electron chi connectivity index (χ4n) is 1.35. The smallest absolute Gasteiger partial charge is 0.351 e. The molecule has 16 heavy (non-hydrogen) atoms. The number of hydrogen-bond donors (Lipinski definition) is 2. The van der Waals surface area contributed by atoms with E-state index in [-0.39, 0.29) is 19.0 Å². The van der Waals surface area contributed by atoms with Gasteiger partial charge in [0.05, 0.1) is 16.8 Å². The van der Waals surface area contributed by atoms with Gasteiger partial charge in [-0.3, -0.25) is 4.57 Å². The number of halogens is 1. The molecule has 7 nitrogen and oxygen atoms in total. The van der Waals surface area contributed by atoms with E-state index in [0.717, 1.165) is 0 Å². The van der Waals surface area contributed by atoms with Crippen molar-refractivity contribution in [2.45, 2.75) is 12.5 Å². The molecule has 0 aromatic carbocycles. The van der Waals surface area contributed by atoms with Gasteiger partial charge >= 0.3 is 5.69 Å². The van der Waals surface area contributed by atoms with Gasteiger partial charge in [0.1, 0.15) is 5.82 Å². The van der Waals surface area contributed by atoms with Crippen molar-refractivity contribution < 1.29 is 14.6 Å². The monoisotopic (exact) mass is 339 g/mol. The lowest BCUT2D eigenvalue weighted by Gasteiger charge is -2.12. The van der Waals surface area contributed by atoms with Crippen molar-refractivity contribution in [2.75, 3.05) is 18.9 Å². The molecular weight excluding hydrogens is 329 g/mol. The minimum Gasteiger partial charge on any atom is -0.391 e. The van der Waals surface area contributed by atoms with Crippen LogP contribution in [-0.4, -0.2) is 34.2 Å². The second kappa shape index (κ2) is 4.65. The van der Waals surface area contributed by atoms with Gasteiger partial charge in [0.2, 0.25) is 0 Å². The molecule has 88 valence electrons. The van der Waals surface area contributed by atoms with Gasteiger partial charge in [-0.25, -0.2) is 4.79 Å². The Morgan fingerprint density at radius 3 is 3.12 bits per heavy atom. The Bertz CT molecular complexity index is 449. The largest absolute Gasteiger partial charge is 0.391 e. The van der Waals surface area contributed by atoms with Gasteiger partial charge < -0.3 is 20.3 Å². The lowest BCUT2D eigenvalue weighted by atomic mass is 10.5. The molecule has 3 N–H and O–H groups in total. The quantitative estimate of drug-likeness (QED) is 0.691. The van der Waals surface area contributed by atoms with Crippen LogP contribution in [0.3, 0.4) is 0 Å². The third-order valence-electron chi connectivity index (χ3n) is 2.13. The van der Waals surface area contributed by atoms with Gasteiger partial charge in [-0.05, 0) is 22.6 Å². The van der Waals surface area contributed by atoms with Crippen molar-refractivity contribution >= 4 is 28.4 Å². The van der Waals surface area contributed by atoms with E-state index in [2.05, 4.69) is 4.98 Å². The van der Waals surface area contributed by atoms with Gasteiger partial charge in [0, 0.05) is 6.20 Å². The van der Waals surface area contributed by atoms with Crippen LogP contribution in [0.25, 0.3) is 0 Å². The molecule has 2 heterocycles. The highest BCUT2D eigenvalue weighted by Gasteiger charge is 2.27. The summed E-state index contributed by atoms with van der Waals surface area (Å²) in [4.78, 5) is 15.2. The first-order valence-corrected chi connectivity index (χ1v) is 5.61. The lowest BCUT2D eigenvalue weighted by Crippen LogP contribution is -2.29. The molecule has 0 spiro atoms. The van der Waals surface area contributed by atoms with Crippen LogP contribution in [0.5, 0.6) is 0 Å². The second-order valence-corrected chi connectivity index (χ2v) is 4.36. The number of aliphatic hydroxyl groups excluding tert-OH is 1. The summed E-state index contributed by atoms with van der Waals surface area (Å²) in [5.41, 5.74) is 5.00. The second-order valence-electron chi connectivity index (χ2n) is 3.20. The van der Waals surface area contributed by atoms with Gasteiger partial charge in [-0.1, -0.05) is 0 Å². The summed E-state index contributed by atoms with van der Waals surface area (Å²) in [5.74, 6) is 0.194. The summed E-state index contributed by atoms with van der Waals surface area (Å²) >= 11 is 1.97. The van der Waals surface area contributed by atoms with Gasteiger partial charge in [0.25, 0.3) is 0 Å². The predicted octanol–water partition coefficient (Wildman–Crippen LogP) is -0.706. The summed E-state index contributed by atoms with van der Waals surface area (Å²) < 4.78 is 12.3. The van der Waals surface area contributed by atoms with E-state index in [9.17, 15) is 4.79 Å². The summed E-state index contributed by atoms with van der Waals surface area (Å²) in [6.45, 7) is -0.0441. The zero-order valence-electron chi connectivity index (χ0n) is 8.17. The van der Waals surface area contributed by atoms with E-state index in [1.54, 1.807) is 6.20 Å². The standard InChI is InChI=1S/C8H10IN3O4/c9-4-1-12(8(14)11-7(4)10)5-3-15-6(2-13)16-5/h1,5-6,13H,2-3H2,(H2,10,11,14)/t5?,6-/m1/s1. The first kappa shape index (κ1) is 11.8. The molecule has 2 atom stereocenters. The first-order valence-electron chi connectivity index (χ1n) is 4.54.